The first-order valence-electron chi connectivity index (χ1n) is 4.46. The van der Waals surface area contributed by atoms with Gasteiger partial charge in [-0.2, -0.15) is 0 Å². The normalized spacial score (nSPS) is 9.67. The molecule has 0 amide bonds. The first-order chi connectivity index (χ1) is 7.38. The average molecular weight is 211 g/mol. The fourth-order valence-electron chi connectivity index (χ4n) is 1.00. The zero-order valence-electron chi connectivity index (χ0n) is 8.47. The van der Waals surface area contributed by atoms with Crippen LogP contribution in [0.2, 0.25) is 0 Å². The van der Waals surface area contributed by atoms with Gasteiger partial charge in [0.05, 0.1) is 6.61 Å². The zero-order chi connectivity index (χ0) is 10.9. The molecule has 0 saturated heterocycles. The highest BCUT2D eigenvalue weighted by Gasteiger charge is 2.03. The molecule has 0 fully saturated rings. The van der Waals surface area contributed by atoms with E-state index in [1.807, 2.05) is 0 Å². The van der Waals surface area contributed by atoms with Gasteiger partial charge in [-0.3, -0.25) is 9.78 Å². The lowest BCUT2D eigenvalue weighted by molar-refractivity contribution is -0.129. The van der Waals surface area contributed by atoms with Crippen LogP contribution < -0.4 is 5.32 Å². The van der Waals surface area contributed by atoms with Gasteiger partial charge in [-0.25, -0.2) is 4.98 Å². The number of anilines is 1. The van der Waals surface area contributed by atoms with Crippen LogP contribution in [0.5, 0.6) is 0 Å². The van der Waals surface area contributed by atoms with E-state index in [1.54, 1.807) is 19.5 Å². The van der Waals surface area contributed by atoms with Crippen molar-refractivity contribution in [2.45, 2.75) is 6.61 Å². The van der Waals surface area contributed by atoms with Gasteiger partial charge >= 0.3 is 0 Å². The van der Waals surface area contributed by atoms with Crippen molar-refractivity contribution in [1.29, 1.82) is 0 Å². The Morgan fingerprint density at radius 1 is 1.47 bits per heavy atom. The summed E-state index contributed by atoms with van der Waals surface area (Å²) >= 11 is 0. The Bertz CT molecular complexity index is 306. The van der Waals surface area contributed by atoms with Crippen LogP contribution in [0.4, 0.5) is 5.82 Å². The summed E-state index contributed by atoms with van der Waals surface area (Å²) in [5.74, 6) is 0.608. The summed E-state index contributed by atoms with van der Waals surface area (Å²) in [7, 11) is 1.62. The van der Waals surface area contributed by atoms with Gasteiger partial charge in [0.15, 0.2) is 5.82 Å². The number of rotatable bonds is 7. The number of carbonyl (C=O) groups is 1. The Morgan fingerprint density at radius 2 is 2.27 bits per heavy atom. The van der Waals surface area contributed by atoms with Crippen molar-refractivity contribution in [1.82, 2.24) is 9.97 Å². The fourth-order valence-corrected chi connectivity index (χ4v) is 1.00. The molecule has 0 saturated carbocycles. The number of aromatic nitrogens is 2. The predicted molar refractivity (Wildman–Crippen MR) is 53.3 cm³/mol. The Balaban J connectivity index is 2.55. The highest BCUT2D eigenvalue weighted by atomic mass is 16.5. The summed E-state index contributed by atoms with van der Waals surface area (Å²) in [6.45, 7) is 1.70. The van der Waals surface area contributed by atoms with E-state index in [-0.39, 0.29) is 6.61 Å². The molecule has 6 heteroatoms. The maximum Gasteiger partial charge on any atom is 0.293 e. The summed E-state index contributed by atoms with van der Waals surface area (Å²) in [4.78, 5) is 18.2. The molecule has 6 nitrogen and oxygen atoms in total. The van der Waals surface area contributed by atoms with E-state index < -0.39 is 0 Å². The molecule has 1 aromatic heterocycles. The van der Waals surface area contributed by atoms with E-state index in [0.717, 1.165) is 0 Å². The van der Waals surface area contributed by atoms with Gasteiger partial charge in [0.25, 0.3) is 6.47 Å². The molecule has 1 aromatic rings. The molecule has 82 valence electrons. The van der Waals surface area contributed by atoms with Gasteiger partial charge in [0.1, 0.15) is 12.3 Å². The Labute approximate surface area is 87.6 Å². The summed E-state index contributed by atoms with van der Waals surface area (Å²) in [6, 6.07) is 0. The largest absolute Gasteiger partial charge is 0.461 e. The van der Waals surface area contributed by atoms with Crippen LogP contribution in [0.3, 0.4) is 0 Å². The SMILES string of the molecule is COCCNc1nccnc1COC=O. The van der Waals surface area contributed by atoms with E-state index in [9.17, 15) is 4.79 Å². The number of ether oxygens (including phenoxy) is 2. The minimum atomic E-state index is 0.118. The molecule has 0 aliphatic rings. The minimum Gasteiger partial charge on any atom is -0.461 e. The van der Waals surface area contributed by atoms with Crippen molar-refractivity contribution in [2.75, 3.05) is 25.6 Å². The minimum absolute atomic E-state index is 0.118. The first kappa shape index (κ1) is 11.4. The van der Waals surface area contributed by atoms with Crippen LogP contribution in [-0.4, -0.2) is 36.7 Å². The van der Waals surface area contributed by atoms with Crippen LogP contribution in [0, 0.1) is 0 Å². The highest BCUT2D eigenvalue weighted by molar-refractivity contribution is 5.41. The lowest BCUT2D eigenvalue weighted by Gasteiger charge is -2.08. The van der Waals surface area contributed by atoms with Crippen molar-refractivity contribution >= 4 is 12.3 Å². The van der Waals surface area contributed by atoms with Gasteiger partial charge < -0.3 is 14.8 Å². The Hall–Kier alpha value is -1.69. The van der Waals surface area contributed by atoms with Gasteiger partial charge in [-0.1, -0.05) is 0 Å². The van der Waals surface area contributed by atoms with Crippen LogP contribution >= 0.6 is 0 Å². The summed E-state index contributed by atoms with van der Waals surface area (Å²) in [6.07, 6.45) is 3.12. The van der Waals surface area contributed by atoms with Crippen LogP contribution in [0.25, 0.3) is 0 Å². The van der Waals surface area contributed by atoms with Crippen LogP contribution in [0.15, 0.2) is 12.4 Å². The number of nitrogens with one attached hydrogen (secondary N) is 1. The molecule has 0 spiro atoms. The van der Waals surface area contributed by atoms with Gasteiger partial charge in [-0.15, -0.1) is 0 Å². The zero-order valence-corrected chi connectivity index (χ0v) is 8.47. The third-order valence-corrected chi connectivity index (χ3v) is 1.66. The molecular formula is C9H13N3O3. The van der Waals surface area contributed by atoms with Crippen LogP contribution in [0.1, 0.15) is 5.69 Å². The van der Waals surface area contributed by atoms with Crippen molar-refractivity contribution in [2.24, 2.45) is 0 Å². The molecule has 0 radical (unpaired) electrons. The second-order valence-corrected chi connectivity index (χ2v) is 2.68. The molecule has 1 N–H and O–H groups in total. The number of nitrogens with zero attached hydrogens (tertiary/aromatic N) is 2. The monoisotopic (exact) mass is 211 g/mol. The molecule has 15 heavy (non-hydrogen) atoms. The topological polar surface area (TPSA) is 73.3 Å². The number of carbonyl (C=O) groups excluding carboxylic acids is 1. The van der Waals surface area contributed by atoms with E-state index in [1.165, 1.54) is 0 Å². The maximum atomic E-state index is 10.0. The van der Waals surface area contributed by atoms with Gasteiger partial charge in [-0.05, 0) is 0 Å². The smallest absolute Gasteiger partial charge is 0.293 e. The molecule has 0 atom stereocenters. The summed E-state index contributed by atoms with van der Waals surface area (Å²) in [5.41, 5.74) is 0.598. The van der Waals surface area contributed by atoms with Crippen LogP contribution in [-0.2, 0) is 20.9 Å². The van der Waals surface area contributed by atoms with E-state index in [2.05, 4.69) is 20.0 Å². The molecule has 0 aliphatic heterocycles. The van der Waals surface area contributed by atoms with E-state index >= 15 is 0 Å². The lowest BCUT2D eigenvalue weighted by atomic mass is 10.4. The van der Waals surface area contributed by atoms with Gasteiger partial charge in [0, 0.05) is 26.0 Å². The third-order valence-electron chi connectivity index (χ3n) is 1.66. The maximum absolute atomic E-state index is 10.0. The number of hydrogen-bond acceptors (Lipinski definition) is 6. The molecule has 0 bridgehead atoms. The molecule has 0 aliphatic carbocycles. The highest BCUT2D eigenvalue weighted by Crippen LogP contribution is 2.08. The number of hydrogen-bond donors (Lipinski definition) is 1. The average Bonchev–Trinajstić information content (AvgIpc) is 2.28. The molecular weight excluding hydrogens is 198 g/mol. The molecule has 0 unspecified atom stereocenters. The Kier molecular flexibility index (Phi) is 5.10. The molecule has 1 rings (SSSR count). The lowest BCUT2D eigenvalue weighted by Crippen LogP contribution is -2.12. The van der Waals surface area contributed by atoms with Crippen molar-refractivity contribution in [3.05, 3.63) is 18.1 Å². The second-order valence-electron chi connectivity index (χ2n) is 2.68. The standard InChI is InChI=1S/C9H13N3O3/c1-14-5-4-12-9-8(6-15-7-13)10-2-3-11-9/h2-3,7H,4-6H2,1H3,(H,11,12). The molecule has 1 heterocycles. The van der Waals surface area contributed by atoms with Crippen molar-refractivity contribution < 1.29 is 14.3 Å². The van der Waals surface area contributed by atoms with E-state index in [0.29, 0.717) is 31.1 Å². The summed E-state index contributed by atoms with van der Waals surface area (Å²) in [5, 5.41) is 3.03. The fraction of sp³-hybridized carbons (Fsp3) is 0.444. The van der Waals surface area contributed by atoms with Crippen molar-refractivity contribution in [3.63, 3.8) is 0 Å². The number of methoxy groups -OCH3 is 1. The molecule has 0 aromatic carbocycles. The summed E-state index contributed by atoms with van der Waals surface area (Å²) < 4.78 is 9.50. The quantitative estimate of drug-likeness (QED) is 0.513. The van der Waals surface area contributed by atoms with Crippen molar-refractivity contribution in [3.8, 4) is 0 Å². The Morgan fingerprint density at radius 3 is 3.00 bits per heavy atom. The predicted octanol–water partition coefficient (Wildman–Crippen LogP) is 0.208. The second kappa shape index (κ2) is 6.72. The third kappa shape index (κ3) is 3.90. The van der Waals surface area contributed by atoms with E-state index in [4.69, 9.17) is 4.74 Å². The van der Waals surface area contributed by atoms with Gasteiger partial charge in [0.2, 0.25) is 0 Å². The first-order valence-corrected chi connectivity index (χ1v) is 4.46.